The first-order chi connectivity index (χ1) is 7.74. The Labute approximate surface area is 99.7 Å². The van der Waals surface area contributed by atoms with E-state index in [4.69, 9.17) is 22.1 Å². The Bertz CT molecular complexity index is 345. The van der Waals surface area contributed by atoms with Crippen LogP contribution in [0.5, 0.6) is 5.75 Å². The molecule has 1 amide bonds. The number of amides is 1. The lowest BCUT2D eigenvalue weighted by molar-refractivity contribution is -0.121. The second-order valence-corrected chi connectivity index (χ2v) is 3.57. The first kappa shape index (κ1) is 12.8. The molecule has 1 aromatic rings. The summed E-state index contributed by atoms with van der Waals surface area (Å²) in [4.78, 5) is 11.2. The van der Waals surface area contributed by atoms with Gasteiger partial charge in [-0.05, 0) is 12.1 Å². The summed E-state index contributed by atoms with van der Waals surface area (Å²) in [6, 6.07) is 7.16. The molecule has 0 aliphatic heterocycles. The number of ether oxygens (including phenoxy) is 1. The molecule has 88 valence electrons. The van der Waals surface area contributed by atoms with Crippen molar-refractivity contribution in [2.45, 2.75) is 6.42 Å². The number of nitrogens with one attached hydrogen (secondary N) is 1. The van der Waals surface area contributed by atoms with Gasteiger partial charge in [-0.3, -0.25) is 4.79 Å². The molecule has 0 unspecified atom stereocenters. The molecule has 0 bridgehead atoms. The van der Waals surface area contributed by atoms with Crippen molar-refractivity contribution in [2.24, 2.45) is 5.73 Å². The number of nitrogens with two attached hydrogens (primary N) is 1. The fraction of sp³-hybridized carbons (Fsp3) is 0.364. The monoisotopic (exact) mass is 242 g/mol. The van der Waals surface area contributed by atoms with Crippen LogP contribution in [-0.2, 0) is 4.79 Å². The van der Waals surface area contributed by atoms with Crippen LogP contribution in [0.15, 0.2) is 24.3 Å². The molecule has 0 radical (unpaired) electrons. The average Bonchev–Trinajstić information content (AvgIpc) is 2.29. The minimum atomic E-state index is -0.0718. The quantitative estimate of drug-likeness (QED) is 0.788. The molecule has 0 spiro atoms. The summed E-state index contributed by atoms with van der Waals surface area (Å²) in [5.41, 5.74) is 5.25. The highest BCUT2D eigenvalue weighted by Gasteiger charge is 2.02. The Hall–Kier alpha value is -1.26. The number of hydrogen-bond donors (Lipinski definition) is 2. The molecule has 5 heteroatoms. The van der Waals surface area contributed by atoms with E-state index in [1.54, 1.807) is 12.1 Å². The molecule has 0 aromatic heterocycles. The number of hydrogen-bond acceptors (Lipinski definition) is 3. The van der Waals surface area contributed by atoms with Crippen LogP contribution in [0, 0.1) is 0 Å². The Morgan fingerprint density at radius 2 is 2.19 bits per heavy atom. The summed E-state index contributed by atoms with van der Waals surface area (Å²) in [7, 11) is 0. The lowest BCUT2D eigenvalue weighted by Crippen LogP contribution is -2.29. The maximum absolute atomic E-state index is 11.2. The van der Waals surface area contributed by atoms with Gasteiger partial charge in [-0.1, -0.05) is 23.7 Å². The maximum Gasteiger partial charge on any atom is 0.223 e. The Kier molecular flexibility index (Phi) is 5.67. The van der Waals surface area contributed by atoms with Crippen LogP contribution >= 0.6 is 11.6 Å². The molecule has 1 rings (SSSR count). The summed E-state index contributed by atoms with van der Waals surface area (Å²) >= 11 is 5.88. The van der Waals surface area contributed by atoms with Gasteiger partial charge in [-0.25, -0.2) is 0 Å². The van der Waals surface area contributed by atoms with Crippen LogP contribution in [0.2, 0.25) is 5.02 Å². The SMILES string of the molecule is NCCNC(=O)CCOc1ccccc1Cl. The fourth-order valence-electron chi connectivity index (χ4n) is 1.12. The molecule has 16 heavy (non-hydrogen) atoms. The topological polar surface area (TPSA) is 64.3 Å². The molecule has 3 N–H and O–H groups in total. The Balaban J connectivity index is 2.25. The fourth-order valence-corrected chi connectivity index (χ4v) is 1.31. The van der Waals surface area contributed by atoms with E-state index in [-0.39, 0.29) is 5.91 Å². The summed E-state index contributed by atoms with van der Waals surface area (Å²) in [5.74, 6) is 0.522. The maximum atomic E-state index is 11.2. The van der Waals surface area contributed by atoms with Crippen molar-refractivity contribution >= 4 is 17.5 Å². The Morgan fingerprint density at radius 1 is 1.44 bits per heavy atom. The van der Waals surface area contributed by atoms with Crippen LogP contribution in [0.25, 0.3) is 0 Å². The van der Waals surface area contributed by atoms with Gasteiger partial charge in [0, 0.05) is 13.1 Å². The number of para-hydroxylation sites is 1. The highest BCUT2D eigenvalue weighted by Crippen LogP contribution is 2.22. The van der Waals surface area contributed by atoms with Crippen molar-refractivity contribution in [3.63, 3.8) is 0 Å². The van der Waals surface area contributed by atoms with Crippen molar-refractivity contribution in [2.75, 3.05) is 19.7 Å². The lowest BCUT2D eigenvalue weighted by Gasteiger charge is -2.07. The second-order valence-electron chi connectivity index (χ2n) is 3.17. The lowest BCUT2D eigenvalue weighted by atomic mass is 10.3. The Morgan fingerprint density at radius 3 is 2.88 bits per heavy atom. The van der Waals surface area contributed by atoms with E-state index in [9.17, 15) is 4.79 Å². The minimum absolute atomic E-state index is 0.0718. The molecule has 0 aliphatic carbocycles. The van der Waals surface area contributed by atoms with Gasteiger partial charge in [-0.2, -0.15) is 0 Å². The molecule has 1 aromatic carbocycles. The second kappa shape index (κ2) is 7.09. The summed E-state index contributed by atoms with van der Waals surface area (Å²) in [6.07, 6.45) is 0.297. The molecule has 0 aliphatic rings. The first-order valence-corrected chi connectivity index (χ1v) is 5.46. The van der Waals surface area contributed by atoms with Gasteiger partial charge in [-0.15, -0.1) is 0 Å². The van der Waals surface area contributed by atoms with Crippen molar-refractivity contribution in [3.05, 3.63) is 29.3 Å². The number of carbonyl (C=O) groups excluding carboxylic acids is 1. The summed E-state index contributed by atoms with van der Waals surface area (Å²) in [6.45, 7) is 1.24. The third kappa shape index (κ3) is 4.51. The van der Waals surface area contributed by atoms with Gasteiger partial charge in [0.25, 0.3) is 0 Å². The number of carbonyl (C=O) groups is 1. The van der Waals surface area contributed by atoms with Crippen LogP contribution < -0.4 is 15.8 Å². The molecule has 0 saturated heterocycles. The van der Waals surface area contributed by atoms with Crippen molar-refractivity contribution in [3.8, 4) is 5.75 Å². The van der Waals surface area contributed by atoms with Crippen LogP contribution in [0.1, 0.15) is 6.42 Å². The third-order valence-electron chi connectivity index (χ3n) is 1.89. The van der Waals surface area contributed by atoms with Crippen molar-refractivity contribution in [1.29, 1.82) is 0 Å². The van der Waals surface area contributed by atoms with Gasteiger partial charge in [0.05, 0.1) is 18.1 Å². The highest BCUT2D eigenvalue weighted by atomic mass is 35.5. The predicted octanol–water partition coefficient (Wildman–Crippen LogP) is 1.18. The molecular formula is C11H15ClN2O2. The average molecular weight is 243 g/mol. The van der Waals surface area contributed by atoms with E-state index in [0.717, 1.165) is 0 Å². The molecule has 0 heterocycles. The van der Waals surface area contributed by atoms with E-state index in [1.807, 2.05) is 12.1 Å². The van der Waals surface area contributed by atoms with E-state index < -0.39 is 0 Å². The van der Waals surface area contributed by atoms with Gasteiger partial charge >= 0.3 is 0 Å². The smallest absolute Gasteiger partial charge is 0.223 e. The van der Waals surface area contributed by atoms with Crippen LogP contribution in [-0.4, -0.2) is 25.6 Å². The predicted molar refractivity (Wildman–Crippen MR) is 63.6 cm³/mol. The van der Waals surface area contributed by atoms with E-state index >= 15 is 0 Å². The molecule has 4 nitrogen and oxygen atoms in total. The van der Waals surface area contributed by atoms with E-state index in [0.29, 0.717) is 36.9 Å². The van der Waals surface area contributed by atoms with Crippen LogP contribution in [0.4, 0.5) is 0 Å². The molecular weight excluding hydrogens is 228 g/mol. The third-order valence-corrected chi connectivity index (χ3v) is 2.20. The largest absolute Gasteiger partial charge is 0.491 e. The van der Waals surface area contributed by atoms with Crippen molar-refractivity contribution < 1.29 is 9.53 Å². The van der Waals surface area contributed by atoms with Crippen LogP contribution in [0.3, 0.4) is 0 Å². The zero-order valence-corrected chi connectivity index (χ0v) is 9.67. The number of rotatable bonds is 6. The van der Waals surface area contributed by atoms with E-state index in [2.05, 4.69) is 5.32 Å². The first-order valence-electron chi connectivity index (χ1n) is 5.08. The van der Waals surface area contributed by atoms with Crippen molar-refractivity contribution in [1.82, 2.24) is 5.32 Å². The van der Waals surface area contributed by atoms with Gasteiger partial charge in [0.2, 0.25) is 5.91 Å². The molecule has 0 fully saturated rings. The number of benzene rings is 1. The minimum Gasteiger partial charge on any atom is -0.491 e. The zero-order valence-electron chi connectivity index (χ0n) is 8.91. The summed E-state index contributed by atoms with van der Waals surface area (Å²) in [5, 5.41) is 3.20. The molecule has 0 saturated carbocycles. The van der Waals surface area contributed by atoms with Gasteiger partial charge < -0.3 is 15.8 Å². The van der Waals surface area contributed by atoms with Gasteiger partial charge in [0.15, 0.2) is 0 Å². The van der Waals surface area contributed by atoms with Gasteiger partial charge in [0.1, 0.15) is 5.75 Å². The highest BCUT2D eigenvalue weighted by molar-refractivity contribution is 6.32. The zero-order chi connectivity index (χ0) is 11.8. The standard InChI is InChI=1S/C11H15ClN2O2/c12-9-3-1-2-4-10(9)16-8-5-11(15)14-7-6-13/h1-4H,5-8,13H2,(H,14,15). The summed E-state index contributed by atoms with van der Waals surface area (Å²) < 4.78 is 5.36. The molecule has 0 atom stereocenters. The number of halogens is 1. The normalized spacial score (nSPS) is 9.88. The van der Waals surface area contributed by atoms with E-state index in [1.165, 1.54) is 0 Å².